The Balaban J connectivity index is 2.98. The first-order valence-electron chi connectivity index (χ1n) is 5.84. The number of hydrogen-bond acceptors (Lipinski definition) is 0. The smallest absolute Gasteiger partial charge is 0.0675 e. The molecule has 0 aromatic heterocycles. The van der Waals surface area contributed by atoms with Crippen molar-refractivity contribution in [1.29, 1.82) is 0 Å². The molecule has 0 spiro atoms. The minimum atomic E-state index is -1.12. The van der Waals surface area contributed by atoms with Gasteiger partial charge in [0.2, 0.25) is 0 Å². The van der Waals surface area contributed by atoms with Crippen LogP contribution in [-0.4, -0.2) is 8.07 Å². The predicted molar refractivity (Wildman–Crippen MR) is 67.9 cm³/mol. The average molecular weight is 206 g/mol. The molecule has 1 heteroatoms. The number of benzene rings is 1. The molecule has 14 heavy (non-hydrogen) atoms. The SMILES string of the molecule is CCC[Si](CC)(CC)c1ccccc1. The summed E-state index contributed by atoms with van der Waals surface area (Å²) in [6.45, 7) is 7.06. The Morgan fingerprint density at radius 3 is 1.93 bits per heavy atom. The Bertz CT molecular complexity index is 249. The maximum absolute atomic E-state index is 2.37. The minimum absolute atomic E-state index is 1.12. The molecule has 0 heterocycles. The van der Waals surface area contributed by atoms with Crippen LogP contribution >= 0.6 is 0 Å². The minimum Gasteiger partial charge on any atom is -0.0675 e. The normalized spacial score (nSPS) is 11.6. The summed E-state index contributed by atoms with van der Waals surface area (Å²) in [5.74, 6) is 0. The van der Waals surface area contributed by atoms with Crippen molar-refractivity contribution in [2.45, 2.75) is 45.3 Å². The highest BCUT2D eigenvalue weighted by Crippen LogP contribution is 2.21. The molecule has 78 valence electrons. The molecule has 0 aliphatic carbocycles. The van der Waals surface area contributed by atoms with Gasteiger partial charge in [0.1, 0.15) is 0 Å². The Morgan fingerprint density at radius 2 is 1.50 bits per heavy atom. The molecule has 0 atom stereocenters. The highest BCUT2D eigenvalue weighted by molar-refractivity contribution is 6.91. The Kier molecular flexibility index (Phi) is 4.40. The van der Waals surface area contributed by atoms with Crippen LogP contribution in [0, 0.1) is 0 Å². The van der Waals surface area contributed by atoms with Crippen LogP contribution in [-0.2, 0) is 0 Å². The average Bonchev–Trinajstić information content (AvgIpc) is 2.27. The van der Waals surface area contributed by atoms with E-state index in [1.54, 1.807) is 5.19 Å². The van der Waals surface area contributed by atoms with Crippen molar-refractivity contribution in [3.8, 4) is 0 Å². The monoisotopic (exact) mass is 206 g/mol. The van der Waals surface area contributed by atoms with E-state index in [2.05, 4.69) is 51.1 Å². The van der Waals surface area contributed by atoms with Crippen LogP contribution in [0.25, 0.3) is 0 Å². The van der Waals surface area contributed by atoms with Crippen LogP contribution in [0.1, 0.15) is 27.2 Å². The zero-order valence-electron chi connectivity index (χ0n) is 9.72. The molecule has 0 amide bonds. The van der Waals surface area contributed by atoms with E-state index in [9.17, 15) is 0 Å². The van der Waals surface area contributed by atoms with Gasteiger partial charge in [0.15, 0.2) is 0 Å². The lowest BCUT2D eigenvalue weighted by atomic mass is 10.4. The molecule has 0 N–H and O–H groups in total. The zero-order chi connectivity index (χ0) is 10.4. The van der Waals surface area contributed by atoms with Gasteiger partial charge in [0, 0.05) is 0 Å². The van der Waals surface area contributed by atoms with Crippen molar-refractivity contribution >= 4 is 13.3 Å². The molecule has 0 unspecified atom stereocenters. The van der Waals surface area contributed by atoms with Crippen LogP contribution in [0.5, 0.6) is 0 Å². The van der Waals surface area contributed by atoms with E-state index in [1.807, 2.05) is 0 Å². The van der Waals surface area contributed by atoms with Crippen LogP contribution < -0.4 is 5.19 Å². The molecule has 1 aromatic carbocycles. The molecule has 0 aliphatic heterocycles. The molecule has 0 radical (unpaired) electrons. The first-order valence-corrected chi connectivity index (χ1v) is 8.46. The van der Waals surface area contributed by atoms with Crippen LogP contribution in [0.4, 0.5) is 0 Å². The summed E-state index contributed by atoms with van der Waals surface area (Å²) in [4.78, 5) is 0. The van der Waals surface area contributed by atoms with Gasteiger partial charge in [-0.05, 0) is 0 Å². The molecule has 0 nitrogen and oxygen atoms in total. The van der Waals surface area contributed by atoms with Crippen molar-refractivity contribution < 1.29 is 0 Å². The Morgan fingerprint density at radius 1 is 0.929 bits per heavy atom. The molecule has 1 rings (SSSR count). The van der Waals surface area contributed by atoms with E-state index in [4.69, 9.17) is 0 Å². The van der Waals surface area contributed by atoms with E-state index in [1.165, 1.54) is 24.6 Å². The second-order valence-corrected chi connectivity index (χ2v) is 9.16. The quantitative estimate of drug-likeness (QED) is 0.643. The van der Waals surface area contributed by atoms with E-state index in [0.29, 0.717) is 0 Å². The van der Waals surface area contributed by atoms with E-state index in [0.717, 1.165) is 0 Å². The third kappa shape index (κ3) is 2.27. The van der Waals surface area contributed by atoms with Crippen LogP contribution in [0.2, 0.25) is 18.1 Å². The largest absolute Gasteiger partial charge is 0.0861 e. The van der Waals surface area contributed by atoms with E-state index in [-0.39, 0.29) is 0 Å². The van der Waals surface area contributed by atoms with Crippen molar-refractivity contribution in [2.24, 2.45) is 0 Å². The van der Waals surface area contributed by atoms with Gasteiger partial charge in [0.05, 0.1) is 8.07 Å². The highest BCUT2D eigenvalue weighted by atomic mass is 28.3. The van der Waals surface area contributed by atoms with Gasteiger partial charge >= 0.3 is 0 Å². The highest BCUT2D eigenvalue weighted by Gasteiger charge is 2.29. The van der Waals surface area contributed by atoms with Crippen LogP contribution in [0.15, 0.2) is 30.3 Å². The second kappa shape index (κ2) is 5.35. The molecular weight excluding hydrogens is 184 g/mol. The molecule has 0 saturated carbocycles. The zero-order valence-corrected chi connectivity index (χ0v) is 10.7. The molecule has 0 bridgehead atoms. The first kappa shape index (κ1) is 11.5. The van der Waals surface area contributed by atoms with Gasteiger partial charge in [-0.25, -0.2) is 0 Å². The molecule has 1 aromatic rings. The fourth-order valence-corrected chi connectivity index (χ4v) is 6.60. The van der Waals surface area contributed by atoms with E-state index >= 15 is 0 Å². The van der Waals surface area contributed by atoms with Gasteiger partial charge in [0.25, 0.3) is 0 Å². The van der Waals surface area contributed by atoms with Crippen molar-refractivity contribution in [1.82, 2.24) is 0 Å². The fraction of sp³-hybridized carbons (Fsp3) is 0.538. The molecule has 0 aliphatic rings. The van der Waals surface area contributed by atoms with Crippen molar-refractivity contribution in [2.75, 3.05) is 0 Å². The third-order valence-corrected chi connectivity index (χ3v) is 9.19. The predicted octanol–water partition coefficient (Wildman–Crippen LogP) is 3.79. The van der Waals surface area contributed by atoms with Gasteiger partial charge in [-0.2, -0.15) is 0 Å². The van der Waals surface area contributed by atoms with Gasteiger partial charge in [-0.15, -0.1) is 0 Å². The lowest BCUT2D eigenvalue weighted by Gasteiger charge is -2.29. The summed E-state index contributed by atoms with van der Waals surface area (Å²) >= 11 is 0. The summed E-state index contributed by atoms with van der Waals surface area (Å²) in [5, 5.41) is 1.66. The maximum Gasteiger partial charge on any atom is 0.0861 e. The fourth-order valence-electron chi connectivity index (χ4n) is 2.43. The first-order chi connectivity index (χ1) is 6.79. The van der Waals surface area contributed by atoms with E-state index < -0.39 is 8.07 Å². The summed E-state index contributed by atoms with van der Waals surface area (Å²) in [6, 6.07) is 15.4. The Labute approximate surface area is 89.4 Å². The lowest BCUT2D eigenvalue weighted by Crippen LogP contribution is -2.46. The van der Waals surface area contributed by atoms with Gasteiger partial charge in [-0.3, -0.25) is 0 Å². The standard InChI is InChI=1S/C13H22Si/c1-4-12-14(5-2,6-3)13-10-8-7-9-11-13/h7-11H,4-6,12H2,1-3H3. The molecule has 0 saturated heterocycles. The topological polar surface area (TPSA) is 0 Å². The number of rotatable bonds is 5. The summed E-state index contributed by atoms with van der Waals surface area (Å²) < 4.78 is 0. The summed E-state index contributed by atoms with van der Waals surface area (Å²) in [5.41, 5.74) is 0. The maximum atomic E-state index is 2.37. The number of hydrogen-bond donors (Lipinski definition) is 0. The van der Waals surface area contributed by atoms with Crippen molar-refractivity contribution in [3.05, 3.63) is 30.3 Å². The van der Waals surface area contributed by atoms with Crippen molar-refractivity contribution in [3.63, 3.8) is 0 Å². The van der Waals surface area contributed by atoms with Crippen LogP contribution in [0.3, 0.4) is 0 Å². The van der Waals surface area contributed by atoms with Gasteiger partial charge in [-0.1, -0.05) is 80.8 Å². The Hall–Kier alpha value is -0.563. The second-order valence-electron chi connectivity index (χ2n) is 4.10. The molecule has 0 fully saturated rings. The third-order valence-electron chi connectivity index (χ3n) is 3.47. The summed E-state index contributed by atoms with van der Waals surface area (Å²) in [7, 11) is -1.12. The summed E-state index contributed by atoms with van der Waals surface area (Å²) in [6.07, 6.45) is 1.34. The van der Waals surface area contributed by atoms with Gasteiger partial charge < -0.3 is 0 Å². The molecular formula is C13H22Si. The lowest BCUT2D eigenvalue weighted by molar-refractivity contribution is 1.02.